The number of aromatic hydroxyl groups is 1. The molecule has 1 N–H and O–H groups in total. The Hall–Kier alpha value is -1.86. The van der Waals surface area contributed by atoms with Crippen molar-refractivity contribution in [3.8, 4) is 5.75 Å². The molecule has 0 spiro atoms. The van der Waals surface area contributed by atoms with Gasteiger partial charge in [-0.3, -0.25) is 4.90 Å². The Labute approximate surface area is 153 Å². The van der Waals surface area contributed by atoms with E-state index in [2.05, 4.69) is 4.90 Å². The first-order chi connectivity index (χ1) is 11.6. The van der Waals surface area contributed by atoms with E-state index in [0.29, 0.717) is 23.2 Å². The minimum Gasteiger partial charge on any atom is -0.508 e. The summed E-state index contributed by atoms with van der Waals surface area (Å²) in [5.74, 6) is 0.909. The molecular formula is C19H17FINO2. The van der Waals surface area contributed by atoms with Crippen molar-refractivity contribution < 1.29 is 13.9 Å². The topological polar surface area (TPSA) is 36.6 Å². The molecule has 0 aliphatic heterocycles. The fourth-order valence-electron chi connectivity index (χ4n) is 2.56. The number of hydrogen-bond donors (Lipinski definition) is 1. The Morgan fingerprint density at radius 3 is 2.46 bits per heavy atom. The van der Waals surface area contributed by atoms with Gasteiger partial charge in [0.1, 0.15) is 17.3 Å². The number of nitrogens with zero attached hydrogens (tertiary/aromatic N) is 1. The number of furan rings is 1. The fraction of sp³-hybridized carbons (Fsp3) is 0.158. The molecule has 3 rings (SSSR count). The lowest BCUT2D eigenvalue weighted by Crippen LogP contribution is -2.22. The molecule has 0 atom stereocenters. The molecule has 0 aliphatic rings. The molecule has 3 aromatic rings. The molecule has 1 aromatic heterocycles. The van der Waals surface area contributed by atoms with Crippen LogP contribution in [0.3, 0.4) is 0 Å². The third kappa shape index (κ3) is 4.36. The van der Waals surface area contributed by atoms with Gasteiger partial charge in [-0.15, -0.1) is 0 Å². The number of phenols is 1. The maximum atomic E-state index is 13.8. The van der Waals surface area contributed by atoms with Gasteiger partial charge in [0.2, 0.25) is 0 Å². The van der Waals surface area contributed by atoms with E-state index in [1.807, 2.05) is 52.9 Å². The van der Waals surface area contributed by atoms with Crippen LogP contribution in [0.4, 0.5) is 4.39 Å². The summed E-state index contributed by atoms with van der Waals surface area (Å²) >= 11 is 2.05. The first-order valence-corrected chi connectivity index (χ1v) is 8.65. The van der Waals surface area contributed by atoms with Crippen molar-refractivity contribution in [3.05, 3.63) is 87.1 Å². The van der Waals surface area contributed by atoms with Gasteiger partial charge >= 0.3 is 0 Å². The first-order valence-electron chi connectivity index (χ1n) is 7.57. The second-order valence-electron chi connectivity index (χ2n) is 5.60. The molecule has 0 radical (unpaired) electrons. The smallest absolute Gasteiger partial charge is 0.136 e. The normalized spacial score (nSPS) is 11.1. The van der Waals surface area contributed by atoms with E-state index < -0.39 is 0 Å². The highest BCUT2D eigenvalue weighted by atomic mass is 127. The molecule has 2 aromatic carbocycles. The second-order valence-corrected chi connectivity index (χ2v) is 6.68. The zero-order valence-corrected chi connectivity index (χ0v) is 15.1. The molecule has 0 aliphatic carbocycles. The molecule has 0 bridgehead atoms. The van der Waals surface area contributed by atoms with Crippen molar-refractivity contribution >= 4 is 22.6 Å². The lowest BCUT2D eigenvalue weighted by atomic mass is 10.1. The van der Waals surface area contributed by atoms with Crippen molar-refractivity contribution in [2.75, 3.05) is 0 Å². The van der Waals surface area contributed by atoms with Gasteiger partial charge in [-0.25, -0.2) is 4.39 Å². The molecule has 124 valence electrons. The van der Waals surface area contributed by atoms with Crippen LogP contribution in [0.1, 0.15) is 16.9 Å². The second kappa shape index (κ2) is 7.81. The summed E-state index contributed by atoms with van der Waals surface area (Å²) in [7, 11) is 0. The number of rotatable bonds is 6. The van der Waals surface area contributed by atoms with E-state index in [9.17, 15) is 9.50 Å². The average molecular weight is 437 g/mol. The highest BCUT2D eigenvalue weighted by Gasteiger charge is 2.13. The predicted octanol–water partition coefficient (Wildman–Crippen LogP) is 4.93. The minimum atomic E-state index is -0.198. The van der Waals surface area contributed by atoms with Crippen LogP contribution in [-0.4, -0.2) is 10.0 Å². The highest BCUT2D eigenvalue weighted by Crippen LogP contribution is 2.21. The van der Waals surface area contributed by atoms with Gasteiger partial charge in [-0.1, -0.05) is 24.3 Å². The predicted molar refractivity (Wildman–Crippen MR) is 98.9 cm³/mol. The molecule has 0 saturated carbocycles. The SMILES string of the molecule is Oc1ccc(CN(Cc2ccco2)Cc2cccc(F)c2I)cc1. The van der Waals surface area contributed by atoms with Crippen molar-refractivity contribution in [2.24, 2.45) is 0 Å². The quantitative estimate of drug-likeness (QED) is 0.556. The van der Waals surface area contributed by atoms with Crippen molar-refractivity contribution in [1.29, 1.82) is 0 Å². The van der Waals surface area contributed by atoms with Gasteiger partial charge < -0.3 is 9.52 Å². The van der Waals surface area contributed by atoms with Gasteiger partial charge in [0.15, 0.2) is 0 Å². The lowest BCUT2D eigenvalue weighted by Gasteiger charge is -2.22. The molecular weight excluding hydrogens is 420 g/mol. The van der Waals surface area contributed by atoms with E-state index in [4.69, 9.17) is 4.42 Å². The number of phenolic OH excluding ortho intramolecular Hbond substituents is 1. The third-order valence-electron chi connectivity index (χ3n) is 3.73. The Morgan fingerprint density at radius 1 is 0.958 bits per heavy atom. The molecule has 3 nitrogen and oxygen atoms in total. The van der Waals surface area contributed by atoms with E-state index in [1.54, 1.807) is 24.5 Å². The van der Waals surface area contributed by atoms with E-state index >= 15 is 0 Å². The van der Waals surface area contributed by atoms with Crippen molar-refractivity contribution in [3.63, 3.8) is 0 Å². The number of hydrogen-bond acceptors (Lipinski definition) is 3. The number of benzene rings is 2. The molecule has 0 unspecified atom stereocenters. The van der Waals surface area contributed by atoms with Crippen molar-refractivity contribution in [1.82, 2.24) is 4.90 Å². The molecule has 24 heavy (non-hydrogen) atoms. The Morgan fingerprint density at radius 2 is 1.75 bits per heavy atom. The highest BCUT2D eigenvalue weighted by molar-refractivity contribution is 14.1. The monoisotopic (exact) mass is 437 g/mol. The Balaban J connectivity index is 1.81. The van der Waals surface area contributed by atoms with Gasteiger partial charge in [-0.05, 0) is 64.0 Å². The lowest BCUT2D eigenvalue weighted by molar-refractivity contribution is 0.226. The third-order valence-corrected chi connectivity index (χ3v) is 4.94. The summed E-state index contributed by atoms with van der Waals surface area (Å²) in [5, 5.41) is 9.43. The van der Waals surface area contributed by atoms with Crippen LogP contribution in [0.15, 0.2) is 65.3 Å². The fourth-order valence-corrected chi connectivity index (χ4v) is 3.09. The van der Waals surface area contributed by atoms with Crippen LogP contribution in [-0.2, 0) is 19.6 Å². The molecule has 0 saturated heterocycles. The summed E-state index contributed by atoms with van der Waals surface area (Å²) in [4.78, 5) is 2.18. The van der Waals surface area contributed by atoms with Gasteiger partial charge in [0, 0.05) is 13.1 Å². The molecule has 0 amide bonds. The summed E-state index contributed by atoms with van der Waals surface area (Å²) in [6.45, 7) is 1.91. The average Bonchev–Trinajstić information content (AvgIpc) is 3.07. The van der Waals surface area contributed by atoms with Gasteiger partial charge in [-0.2, -0.15) is 0 Å². The van der Waals surface area contributed by atoms with Gasteiger partial charge in [0.05, 0.1) is 16.4 Å². The Bertz CT molecular complexity index is 788. The van der Waals surface area contributed by atoms with Crippen molar-refractivity contribution in [2.45, 2.75) is 19.6 Å². The zero-order valence-electron chi connectivity index (χ0n) is 13.0. The van der Waals surface area contributed by atoms with Gasteiger partial charge in [0.25, 0.3) is 0 Å². The standard InChI is InChI=1S/C19H17FINO2/c20-18-5-1-3-15(19(18)21)12-22(13-17-4-2-10-24-17)11-14-6-8-16(23)9-7-14/h1-10,23H,11-13H2. The van der Waals surface area contributed by atoms with E-state index in [-0.39, 0.29) is 11.6 Å². The molecule has 5 heteroatoms. The van der Waals surface area contributed by atoms with Crippen LogP contribution in [0, 0.1) is 9.39 Å². The van der Waals surface area contributed by atoms with E-state index in [1.165, 1.54) is 6.07 Å². The molecule has 0 fully saturated rings. The largest absolute Gasteiger partial charge is 0.508 e. The maximum absolute atomic E-state index is 13.8. The summed E-state index contributed by atoms with van der Waals surface area (Å²) in [6, 6.07) is 16.1. The summed E-state index contributed by atoms with van der Waals surface area (Å²) in [5.41, 5.74) is 2.02. The summed E-state index contributed by atoms with van der Waals surface area (Å²) in [6.07, 6.45) is 1.65. The van der Waals surface area contributed by atoms with Crippen LogP contribution in [0.2, 0.25) is 0 Å². The Kier molecular flexibility index (Phi) is 5.52. The summed E-state index contributed by atoms with van der Waals surface area (Å²) < 4.78 is 19.9. The zero-order chi connectivity index (χ0) is 16.9. The minimum absolute atomic E-state index is 0.198. The first kappa shape index (κ1) is 17.0. The van der Waals surface area contributed by atoms with Crippen LogP contribution >= 0.6 is 22.6 Å². The molecule has 1 heterocycles. The van der Waals surface area contributed by atoms with Crippen LogP contribution in [0.25, 0.3) is 0 Å². The number of halogens is 2. The van der Waals surface area contributed by atoms with Crippen LogP contribution < -0.4 is 0 Å². The van der Waals surface area contributed by atoms with Crippen LogP contribution in [0.5, 0.6) is 5.75 Å². The van der Waals surface area contributed by atoms with E-state index in [0.717, 1.165) is 16.9 Å². The maximum Gasteiger partial charge on any atom is 0.136 e.